The number of hydrogen-bond donors (Lipinski definition) is 3. The van der Waals surface area contributed by atoms with Gasteiger partial charge in [0.15, 0.2) is 5.69 Å². The Hall–Kier alpha value is -2.05. The van der Waals surface area contributed by atoms with Gasteiger partial charge in [-0.05, 0) is 20.8 Å². The molecule has 0 aliphatic rings. The van der Waals surface area contributed by atoms with Crippen molar-refractivity contribution in [2.75, 3.05) is 5.73 Å². The quantitative estimate of drug-likeness (QED) is 0.564. The number of ether oxygens (including phenoxy) is 1. The first-order valence-electron chi connectivity index (χ1n) is 4.56. The van der Waals surface area contributed by atoms with Crippen LogP contribution in [0.3, 0.4) is 0 Å². The second-order valence-electron chi connectivity index (χ2n) is 4.20. The summed E-state index contributed by atoms with van der Waals surface area (Å²) in [6.07, 6.45) is 0. The number of hydrogen-bond acceptors (Lipinski definition) is 5. The minimum Gasteiger partial charge on any atom is -0.455 e. The molecule has 0 saturated carbocycles. The molecule has 0 amide bonds. The van der Waals surface area contributed by atoms with Crippen LogP contribution in [-0.2, 0) is 4.74 Å². The zero-order valence-electron chi connectivity index (χ0n) is 9.21. The van der Waals surface area contributed by atoms with E-state index in [2.05, 4.69) is 4.98 Å². The van der Waals surface area contributed by atoms with Gasteiger partial charge in [0.05, 0.1) is 0 Å². The Labute approximate surface area is 90.6 Å². The predicted octanol–water partition coefficient (Wildman–Crippen LogP) is -0.399. The van der Waals surface area contributed by atoms with Crippen molar-refractivity contribution >= 4 is 11.7 Å². The molecule has 0 fully saturated rings. The number of nitrogens with one attached hydrogen (secondary N) is 2. The Bertz CT molecular complexity index is 521. The highest BCUT2D eigenvalue weighted by molar-refractivity contribution is 5.92. The van der Waals surface area contributed by atoms with E-state index < -0.39 is 22.8 Å². The first-order chi connectivity index (χ1) is 7.20. The molecule has 0 spiro atoms. The molecule has 1 aromatic heterocycles. The number of nitrogen functional groups attached to an aromatic ring is 1. The van der Waals surface area contributed by atoms with Gasteiger partial charge in [0.25, 0.3) is 5.56 Å². The van der Waals surface area contributed by atoms with E-state index in [-0.39, 0.29) is 11.4 Å². The lowest BCUT2D eigenvalue weighted by atomic mass is 10.2. The molecular formula is C9H13N3O4. The number of aromatic nitrogens is 2. The molecule has 0 radical (unpaired) electrons. The van der Waals surface area contributed by atoms with E-state index in [1.807, 2.05) is 4.98 Å². The lowest BCUT2D eigenvalue weighted by molar-refractivity contribution is 0.00635. The van der Waals surface area contributed by atoms with Gasteiger partial charge in [0, 0.05) is 0 Å². The Morgan fingerprint density at radius 2 is 1.81 bits per heavy atom. The topological polar surface area (TPSA) is 118 Å². The van der Waals surface area contributed by atoms with Crippen LogP contribution in [0.2, 0.25) is 0 Å². The second kappa shape index (κ2) is 3.84. The normalized spacial score (nSPS) is 11.2. The summed E-state index contributed by atoms with van der Waals surface area (Å²) in [5, 5.41) is 0. The van der Waals surface area contributed by atoms with Crippen molar-refractivity contribution < 1.29 is 9.53 Å². The molecule has 0 unspecified atom stereocenters. The van der Waals surface area contributed by atoms with Crippen molar-refractivity contribution in [3.63, 3.8) is 0 Å². The SMILES string of the molecule is CC(C)(C)OC(=O)c1[nH]c(=O)[nH]c(=O)c1N. The average molecular weight is 227 g/mol. The summed E-state index contributed by atoms with van der Waals surface area (Å²) in [5.41, 5.74) is 2.31. The van der Waals surface area contributed by atoms with Gasteiger partial charge in [-0.3, -0.25) is 14.8 Å². The summed E-state index contributed by atoms with van der Waals surface area (Å²) in [4.78, 5) is 37.7. The maximum atomic E-state index is 11.6. The predicted molar refractivity (Wildman–Crippen MR) is 57.3 cm³/mol. The third-order valence-corrected chi connectivity index (χ3v) is 1.58. The number of carbonyl (C=O) groups is 1. The van der Waals surface area contributed by atoms with Crippen LogP contribution in [0.5, 0.6) is 0 Å². The summed E-state index contributed by atoms with van der Waals surface area (Å²) in [7, 11) is 0. The van der Waals surface area contributed by atoms with Gasteiger partial charge in [-0.2, -0.15) is 0 Å². The standard InChI is InChI=1S/C9H13N3O4/c1-9(2,3)16-7(14)5-4(10)6(13)12-8(15)11-5/h10H2,1-3H3,(H2,11,12,13,15). The smallest absolute Gasteiger partial charge is 0.357 e. The van der Waals surface area contributed by atoms with Gasteiger partial charge < -0.3 is 10.5 Å². The number of esters is 1. The molecule has 7 nitrogen and oxygen atoms in total. The van der Waals surface area contributed by atoms with Gasteiger partial charge in [-0.1, -0.05) is 0 Å². The molecule has 88 valence electrons. The third-order valence-electron chi connectivity index (χ3n) is 1.58. The molecule has 0 atom stereocenters. The van der Waals surface area contributed by atoms with Gasteiger partial charge in [-0.25, -0.2) is 9.59 Å². The zero-order chi connectivity index (χ0) is 12.5. The summed E-state index contributed by atoms with van der Waals surface area (Å²) in [5.74, 6) is -0.840. The van der Waals surface area contributed by atoms with Crippen LogP contribution < -0.4 is 17.0 Å². The molecule has 1 rings (SSSR count). The average Bonchev–Trinajstić information content (AvgIpc) is 2.08. The molecule has 16 heavy (non-hydrogen) atoms. The fourth-order valence-electron chi connectivity index (χ4n) is 0.986. The van der Waals surface area contributed by atoms with Crippen LogP contribution in [0.15, 0.2) is 9.59 Å². The zero-order valence-corrected chi connectivity index (χ0v) is 9.21. The number of anilines is 1. The largest absolute Gasteiger partial charge is 0.455 e. The van der Waals surface area contributed by atoms with Crippen LogP contribution >= 0.6 is 0 Å². The van der Waals surface area contributed by atoms with Gasteiger partial charge >= 0.3 is 11.7 Å². The van der Waals surface area contributed by atoms with E-state index in [4.69, 9.17) is 10.5 Å². The molecule has 7 heteroatoms. The van der Waals surface area contributed by atoms with Gasteiger partial charge in [0.1, 0.15) is 11.3 Å². The molecule has 0 aliphatic carbocycles. The fourth-order valence-corrected chi connectivity index (χ4v) is 0.986. The Morgan fingerprint density at radius 1 is 1.25 bits per heavy atom. The Balaban J connectivity index is 3.20. The lowest BCUT2D eigenvalue weighted by Gasteiger charge is -2.19. The van der Waals surface area contributed by atoms with Crippen molar-refractivity contribution in [2.45, 2.75) is 26.4 Å². The maximum Gasteiger partial charge on any atom is 0.357 e. The summed E-state index contributed by atoms with van der Waals surface area (Å²) in [6.45, 7) is 4.98. The Kier molecular flexibility index (Phi) is 2.88. The summed E-state index contributed by atoms with van der Waals surface area (Å²) in [6, 6.07) is 0. The van der Waals surface area contributed by atoms with Crippen molar-refractivity contribution in [1.82, 2.24) is 9.97 Å². The fraction of sp³-hybridized carbons (Fsp3) is 0.444. The minimum atomic E-state index is -0.840. The minimum absolute atomic E-state index is 0.330. The molecule has 0 saturated heterocycles. The van der Waals surface area contributed by atoms with Crippen molar-refractivity contribution in [1.29, 1.82) is 0 Å². The van der Waals surface area contributed by atoms with Gasteiger partial charge in [0.2, 0.25) is 0 Å². The van der Waals surface area contributed by atoms with Crippen LogP contribution in [0.25, 0.3) is 0 Å². The molecular weight excluding hydrogens is 214 g/mol. The molecule has 4 N–H and O–H groups in total. The highest BCUT2D eigenvalue weighted by atomic mass is 16.6. The molecule has 0 bridgehead atoms. The van der Waals surface area contributed by atoms with Crippen LogP contribution in [-0.4, -0.2) is 21.5 Å². The highest BCUT2D eigenvalue weighted by Crippen LogP contribution is 2.11. The number of aromatic amines is 2. The molecule has 1 aromatic rings. The van der Waals surface area contributed by atoms with Crippen LogP contribution in [0, 0.1) is 0 Å². The maximum absolute atomic E-state index is 11.6. The monoisotopic (exact) mass is 227 g/mol. The van der Waals surface area contributed by atoms with Crippen LogP contribution in [0.4, 0.5) is 5.69 Å². The van der Waals surface area contributed by atoms with Crippen molar-refractivity contribution in [3.05, 3.63) is 26.5 Å². The molecule has 0 aliphatic heterocycles. The number of nitrogens with two attached hydrogens (primary N) is 1. The van der Waals surface area contributed by atoms with E-state index in [9.17, 15) is 14.4 Å². The molecule has 0 aromatic carbocycles. The van der Waals surface area contributed by atoms with Gasteiger partial charge in [-0.15, -0.1) is 0 Å². The summed E-state index contributed by atoms with van der Waals surface area (Å²) < 4.78 is 4.97. The Morgan fingerprint density at radius 3 is 2.31 bits per heavy atom. The van der Waals surface area contributed by atoms with Crippen molar-refractivity contribution in [3.8, 4) is 0 Å². The van der Waals surface area contributed by atoms with E-state index in [1.54, 1.807) is 20.8 Å². The first kappa shape index (κ1) is 12.0. The first-order valence-corrected chi connectivity index (χ1v) is 4.56. The van der Waals surface area contributed by atoms with E-state index in [0.717, 1.165) is 0 Å². The summed E-state index contributed by atoms with van der Waals surface area (Å²) >= 11 is 0. The highest BCUT2D eigenvalue weighted by Gasteiger charge is 2.21. The van der Waals surface area contributed by atoms with E-state index >= 15 is 0 Å². The lowest BCUT2D eigenvalue weighted by Crippen LogP contribution is -2.32. The second-order valence-corrected chi connectivity index (χ2v) is 4.20. The van der Waals surface area contributed by atoms with E-state index in [0.29, 0.717) is 0 Å². The molecule has 1 heterocycles. The van der Waals surface area contributed by atoms with Crippen LogP contribution in [0.1, 0.15) is 31.3 Å². The number of rotatable bonds is 1. The third kappa shape index (κ3) is 2.72. The van der Waals surface area contributed by atoms with E-state index in [1.165, 1.54) is 0 Å². The number of H-pyrrole nitrogens is 2. The van der Waals surface area contributed by atoms with Crippen molar-refractivity contribution in [2.24, 2.45) is 0 Å². The number of carbonyl (C=O) groups excluding carboxylic acids is 1.